The fourth-order valence-electron chi connectivity index (χ4n) is 3.66. The first kappa shape index (κ1) is 24.9. The van der Waals surface area contributed by atoms with Crippen molar-refractivity contribution >= 4 is 27.5 Å². The third-order valence-electron chi connectivity index (χ3n) is 5.71. The van der Waals surface area contributed by atoms with Gasteiger partial charge in [-0.15, -0.1) is 0 Å². The molecule has 8 nitrogen and oxygen atoms in total. The summed E-state index contributed by atoms with van der Waals surface area (Å²) in [5.74, 6) is -0.373. The number of piperazine rings is 1. The van der Waals surface area contributed by atoms with Gasteiger partial charge in [0.2, 0.25) is 15.9 Å². The minimum atomic E-state index is -3.56. The highest BCUT2D eigenvalue weighted by Gasteiger charge is 2.29. The van der Waals surface area contributed by atoms with E-state index in [1.807, 2.05) is 17.0 Å². The van der Waals surface area contributed by atoms with Crippen LogP contribution < -0.4 is 10.6 Å². The van der Waals surface area contributed by atoms with Gasteiger partial charge >= 0.3 is 0 Å². The molecule has 2 aromatic rings. The van der Waals surface area contributed by atoms with Crippen molar-refractivity contribution in [3.05, 3.63) is 59.7 Å². The van der Waals surface area contributed by atoms with Crippen LogP contribution >= 0.6 is 0 Å². The molecule has 1 saturated heterocycles. The number of hydrogen-bond donors (Lipinski definition) is 2. The van der Waals surface area contributed by atoms with Gasteiger partial charge in [-0.1, -0.05) is 32.9 Å². The van der Waals surface area contributed by atoms with Crippen LogP contribution in [0.4, 0.5) is 5.69 Å². The summed E-state index contributed by atoms with van der Waals surface area (Å²) in [6.07, 6.45) is 0. The standard InChI is InChI=1S/C24H32N4O4S/c1-24(2,3)19-7-11-21(12-8-19)33(31,32)28-15-13-27(14-16-28)17-22(29)26-20-9-5-18(6-10-20)23(30)25-4/h5-12H,13-17H2,1-4H3,(H,25,30)(H,26,29). The molecule has 0 atom stereocenters. The third kappa shape index (κ3) is 6.19. The van der Waals surface area contributed by atoms with Crippen LogP contribution in [0.1, 0.15) is 36.7 Å². The van der Waals surface area contributed by atoms with Crippen LogP contribution in [0, 0.1) is 0 Å². The summed E-state index contributed by atoms with van der Waals surface area (Å²) in [6.45, 7) is 8.05. The summed E-state index contributed by atoms with van der Waals surface area (Å²) < 4.78 is 27.5. The van der Waals surface area contributed by atoms with E-state index in [4.69, 9.17) is 0 Å². The highest BCUT2D eigenvalue weighted by molar-refractivity contribution is 7.89. The van der Waals surface area contributed by atoms with Gasteiger partial charge in [-0.3, -0.25) is 14.5 Å². The maximum absolute atomic E-state index is 13.0. The molecule has 1 aliphatic rings. The van der Waals surface area contributed by atoms with Crippen LogP contribution in [-0.2, 0) is 20.2 Å². The van der Waals surface area contributed by atoms with Crippen molar-refractivity contribution in [1.82, 2.24) is 14.5 Å². The SMILES string of the molecule is CNC(=O)c1ccc(NC(=O)CN2CCN(S(=O)(=O)c3ccc(C(C)(C)C)cc3)CC2)cc1. The van der Waals surface area contributed by atoms with Gasteiger partial charge in [0.1, 0.15) is 0 Å². The number of carbonyl (C=O) groups excluding carboxylic acids is 2. The average molecular weight is 473 g/mol. The molecule has 1 fully saturated rings. The van der Waals surface area contributed by atoms with E-state index >= 15 is 0 Å². The summed E-state index contributed by atoms with van der Waals surface area (Å²) in [4.78, 5) is 26.2. The summed E-state index contributed by atoms with van der Waals surface area (Å²) in [5, 5.41) is 5.36. The Bertz CT molecular complexity index is 1080. The summed E-state index contributed by atoms with van der Waals surface area (Å²) in [6, 6.07) is 13.7. The molecule has 0 aliphatic carbocycles. The predicted molar refractivity (Wildman–Crippen MR) is 129 cm³/mol. The molecule has 0 unspecified atom stereocenters. The largest absolute Gasteiger partial charge is 0.355 e. The third-order valence-corrected chi connectivity index (χ3v) is 7.63. The predicted octanol–water partition coefficient (Wildman–Crippen LogP) is 2.29. The Hall–Kier alpha value is -2.75. The Labute approximate surface area is 196 Å². The molecule has 0 bridgehead atoms. The molecular formula is C24H32N4O4S. The smallest absolute Gasteiger partial charge is 0.251 e. The molecule has 2 aromatic carbocycles. The minimum Gasteiger partial charge on any atom is -0.355 e. The van der Waals surface area contributed by atoms with E-state index < -0.39 is 10.0 Å². The number of sulfonamides is 1. The lowest BCUT2D eigenvalue weighted by Crippen LogP contribution is -2.50. The summed E-state index contributed by atoms with van der Waals surface area (Å²) >= 11 is 0. The van der Waals surface area contributed by atoms with Crippen LogP contribution in [0.15, 0.2) is 53.4 Å². The highest BCUT2D eigenvalue weighted by atomic mass is 32.2. The average Bonchev–Trinajstić information content (AvgIpc) is 2.79. The molecule has 0 saturated carbocycles. The monoisotopic (exact) mass is 472 g/mol. The number of carbonyl (C=O) groups is 2. The maximum atomic E-state index is 13.0. The van der Waals surface area contributed by atoms with Crippen molar-refractivity contribution in [3.8, 4) is 0 Å². The molecule has 2 N–H and O–H groups in total. The number of hydrogen-bond acceptors (Lipinski definition) is 5. The van der Waals surface area contributed by atoms with E-state index in [1.165, 1.54) is 4.31 Å². The van der Waals surface area contributed by atoms with Gasteiger partial charge in [0, 0.05) is 44.5 Å². The van der Waals surface area contributed by atoms with Crippen LogP contribution in [-0.4, -0.2) is 69.2 Å². The van der Waals surface area contributed by atoms with Gasteiger partial charge in [0.05, 0.1) is 11.4 Å². The second kappa shape index (κ2) is 10.0. The summed E-state index contributed by atoms with van der Waals surface area (Å²) in [5.41, 5.74) is 2.16. The molecular weight excluding hydrogens is 440 g/mol. The van der Waals surface area contributed by atoms with Gasteiger partial charge in [-0.05, 0) is 47.4 Å². The first-order valence-electron chi connectivity index (χ1n) is 11.0. The number of benzene rings is 2. The Morgan fingerprint density at radius 3 is 2.00 bits per heavy atom. The van der Waals surface area contributed by atoms with Gasteiger partial charge in [-0.25, -0.2) is 8.42 Å². The lowest BCUT2D eigenvalue weighted by molar-refractivity contribution is -0.117. The van der Waals surface area contributed by atoms with E-state index in [1.54, 1.807) is 43.4 Å². The van der Waals surface area contributed by atoms with Crippen LogP contribution in [0.5, 0.6) is 0 Å². The Morgan fingerprint density at radius 2 is 1.48 bits per heavy atom. The zero-order chi connectivity index (χ0) is 24.2. The molecule has 178 valence electrons. The molecule has 1 aliphatic heterocycles. The molecule has 0 radical (unpaired) electrons. The van der Waals surface area contributed by atoms with Crippen molar-refractivity contribution in [2.24, 2.45) is 0 Å². The first-order valence-corrected chi connectivity index (χ1v) is 12.4. The number of amides is 2. The van der Waals surface area contributed by atoms with Crippen LogP contribution in [0.3, 0.4) is 0 Å². The Morgan fingerprint density at radius 1 is 0.909 bits per heavy atom. The van der Waals surface area contributed by atoms with E-state index in [9.17, 15) is 18.0 Å². The lowest BCUT2D eigenvalue weighted by Gasteiger charge is -2.33. The van der Waals surface area contributed by atoms with Gasteiger partial charge in [-0.2, -0.15) is 4.31 Å². The molecule has 1 heterocycles. The van der Waals surface area contributed by atoms with Crippen molar-refractivity contribution in [2.45, 2.75) is 31.1 Å². The van der Waals surface area contributed by atoms with Crippen LogP contribution in [0.2, 0.25) is 0 Å². The number of rotatable bonds is 6. The Balaban J connectivity index is 1.52. The van der Waals surface area contributed by atoms with Crippen LogP contribution in [0.25, 0.3) is 0 Å². The fourth-order valence-corrected chi connectivity index (χ4v) is 5.08. The van der Waals surface area contributed by atoms with Crippen molar-refractivity contribution in [2.75, 3.05) is 45.1 Å². The molecule has 0 aromatic heterocycles. The number of nitrogens with zero attached hydrogens (tertiary/aromatic N) is 2. The normalized spacial score (nSPS) is 15.8. The highest BCUT2D eigenvalue weighted by Crippen LogP contribution is 2.25. The molecule has 0 spiro atoms. The Kier molecular flexibility index (Phi) is 7.56. The summed E-state index contributed by atoms with van der Waals surface area (Å²) in [7, 11) is -2.00. The topological polar surface area (TPSA) is 98.8 Å². The first-order chi connectivity index (χ1) is 15.5. The van der Waals surface area contributed by atoms with Gasteiger partial charge in [0.25, 0.3) is 5.91 Å². The number of nitrogens with one attached hydrogen (secondary N) is 2. The van der Waals surface area contributed by atoms with Crippen molar-refractivity contribution in [3.63, 3.8) is 0 Å². The quantitative estimate of drug-likeness (QED) is 0.672. The molecule has 9 heteroatoms. The maximum Gasteiger partial charge on any atom is 0.251 e. The van der Waals surface area contributed by atoms with E-state index in [2.05, 4.69) is 31.4 Å². The lowest BCUT2D eigenvalue weighted by atomic mass is 9.87. The molecule has 2 amide bonds. The minimum absolute atomic E-state index is 0.0410. The molecule has 33 heavy (non-hydrogen) atoms. The zero-order valence-corrected chi connectivity index (χ0v) is 20.4. The number of anilines is 1. The van der Waals surface area contributed by atoms with E-state index in [-0.39, 0.29) is 23.8 Å². The zero-order valence-electron chi connectivity index (χ0n) is 19.6. The second-order valence-corrected chi connectivity index (χ2v) is 11.1. The van der Waals surface area contributed by atoms with E-state index in [0.29, 0.717) is 42.3 Å². The molecule has 3 rings (SSSR count). The van der Waals surface area contributed by atoms with Crippen molar-refractivity contribution < 1.29 is 18.0 Å². The van der Waals surface area contributed by atoms with E-state index in [0.717, 1.165) is 5.56 Å². The van der Waals surface area contributed by atoms with Crippen molar-refractivity contribution in [1.29, 1.82) is 0 Å². The second-order valence-electron chi connectivity index (χ2n) is 9.16. The van der Waals surface area contributed by atoms with Gasteiger partial charge in [0.15, 0.2) is 0 Å². The van der Waals surface area contributed by atoms with Gasteiger partial charge < -0.3 is 10.6 Å². The fraction of sp³-hybridized carbons (Fsp3) is 0.417.